The summed E-state index contributed by atoms with van der Waals surface area (Å²) in [5, 5.41) is 2.78. The Kier molecular flexibility index (Phi) is 7.70. The molecule has 0 atom stereocenters. The highest BCUT2D eigenvalue weighted by Gasteiger charge is 2.28. The van der Waals surface area contributed by atoms with E-state index in [-0.39, 0.29) is 23.9 Å². The average Bonchev–Trinajstić information content (AvgIpc) is 2.91. The molecule has 36 heavy (non-hydrogen) atoms. The summed E-state index contributed by atoms with van der Waals surface area (Å²) in [6, 6.07) is 23.6. The number of anilines is 2. The maximum atomic E-state index is 13.1. The normalized spacial score (nSPS) is 13.6. The molecule has 1 N–H and O–H groups in total. The van der Waals surface area contributed by atoms with Crippen molar-refractivity contribution in [2.75, 3.05) is 30.4 Å². The van der Waals surface area contributed by atoms with E-state index in [2.05, 4.69) is 5.32 Å². The van der Waals surface area contributed by atoms with Gasteiger partial charge in [-0.25, -0.2) is 4.99 Å². The van der Waals surface area contributed by atoms with Crippen LogP contribution in [-0.4, -0.2) is 43.6 Å². The molecule has 3 aromatic carbocycles. The number of aliphatic imine (C=N–C) groups is 1. The summed E-state index contributed by atoms with van der Waals surface area (Å²) < 4.78 is 4.81. The van der Waals surface area contributed by atoms with Gasteiger partial charge in [0.15, 0.2) is 5.78 Å². The van der Waals surface area contributed by atoms with E-state index in [1.807, 2.05) is 66.4 Å². The van der Waals surface area contributed by atoms with Crippen molar-refractivity contribution in [2.45, 2.75) is 13.3 Å². The Morgan fingerprint density at radius 1 is 0.917 bits per heavy atom. The molecule has 1 amide bonds. The molecule has 7 heteroatoms. The number of esters is 1. The first-order valence-corrected chi connectivity index (χ1v) is 11.7. The predicted molar refractivity (Wildman–Crippen MR) is 141 cm³/mol. The van der Waals surface area contributed by atoms with Crippen LogP contribution in [0.4, 0.5) is 17.1 Å². The maximum absolute atomic E-state index is 13.1. The minimum Gasteiger partial charge on any atom is -0.468 e. The van der Waals surface area contributed by atoms with Crippen molar-refractivity contribution in [3.05, 3.63) is 102 Å². The van der Waals surface area contributed by atoms with E-state index < -0.39 is 5.91 Å². The number of allylic oxidation sites excluding steroid dienone is 1. The number of carbonyl (C=O) groups is 3. The summed E-state index contributed by atoms with van der Waals surface area (Å²) in [6.07, 6.45) is 2.42. The quantitative estimate of drug-likeness (QED) is 0.363. The van der Waals surface area contributed by atoms with Crippen LogP contribution in [0.15, 0.2) is 95.5 Å². The van der Waals surface area contributed by atoms with Crippen molar-refractivity contribution >= 4 is 40.4 Å². The number of ketones is 1. The van der Waals surface area contributed by atoms with Crippen LogP contribution < -0.4 is 10.2 Å². The van der Waals surface area contributed by atoms with E-state index in [1.165, 1.54) is 13.2 Å². The summed E-state index contributed by atoms with van der Waals surface area (Å²) in [5.41, 5.74) is 3.79. The Morgan fingerprint density at radius 3 is 2.25 bits per heavy atom. The number of nitrogens with one attached hydrogen (secondary N) is 1. The first kappa shape index (κ1) is 24.6. The van der Waals surface area contributed by atoms with Crippen LogP contribution in [0.2, 0.25) is 0 Å². The number of hydrogen-bond acceptors (Lipinski definition) is 6. The summed E-state index contributed by atoms with van der Waals surface area (Å²) >= 11 is 0. The molecule has 7 nitrogen and oxygen atoms in total. The number of carbonyl (C=O) groups excluding carboxylic acids is 3. The highest BCUT2D eigenvalue weighted by Crippen LogP contribution is 2.26. The molecule has 1 aliphatic rings. The third kappa shape index (κ3) is 5.58. The highest BCUT2D eigenvalue weighted by atomic mass is 16.5. The molecule has 3 aromatic rings. The topological polar surface area (TPSA) is 88.1 Å². The predicted octanol–water partition coefficient (Wildman–Crippen LogP) is 4.96. The number of hydrogen-bond donors (Lipinski definition) is 1. The Bertz CT molecular complexity index is 1330. The van der Waals surface area contributed by atoms with Crippen molar-refractivity contribution in [1.29, 1.82) is 0 Å². The number of Topliss-reactive ketones (excluding diaryl/α,β-unsaturated/α-hetero) is 1. The van der Waals surface area contributed by atoms with Crippen LogP contribution in [0.3, 0.4) is 0 Å². The van der Waals surface area contributed by atoms with Crippen molar-refractivity contribution < 1.29 is 19.1 Å². The smallest absolute Gasteiger partial charge is 0.325 e. The van der Waals surface area contributed by atoms with Gasteiger partial charge in [0.1, 0.15) is 6.54 Å². The third-order valence-corrected chi connectivity index (χ3v) is 5.76. The van der Waals surface area contributed by atoms with Crippen molar-refractivity contribution in [3.63, 3.8) is 0 Å². The molecule has 0 radical (unpaired) electrons. The number of ether oxygens (including phenoxy) is 1. The zero-order valence-corrected chi connectivity index (χ0v) is 20.2. The largest absolute Gasteiger partial charge is 0.468 e. The van der Waals surface area contributed by atoms with Gasteiger partial charge in [0.05, 0.1) is 24.1 Å². The molecule has 0 unspecified atom stereocenters. The fourth-order valence-electron chi connectivity index (χ4n) is 3.98. The van der Waals surface area contributed by atoms with Crippen LogP contribution in [-0.2, 0) is 14.3 Å². The lowest BCUT2D eigenvalue weighted by molar-refractivity contribution is -0.139. The number of amides is 1. The number of para-hydroxylation sites is 1. The third-order valence-electron chi connectivity index (χ3n) is 5.76. The second kappa shape index (κ2) is 11.3. The van der Waals surface area contributed by atoms with Gasteiger partial charge in [-0.1, -0.05) is 49.4 Å². The van der Waals surface area contributed by atoms with Crippen LogP contribution in [0.25, 0.3) is 0 Å². The van der Waals surface area contributed by atoms with Gasteiger partial charge in [-0.3, -0.25) is 14.4 Å². The molecule has 0 aromatic heterocycles. The first-order chi connectivity index (χ1) is 17.5. The van der Waals surface area contributed by atoms with Crippen LogP contribution >= 0.6 is 0 Å². The first-order valence-electron chi connectivity index (χ1n) is 11.7. The van der Waals surface area contributed by atoms with Crippen LogP contribution in [0.5, 0.6) is 0 Å². The summed E-state index contributed by atoms with van der Waals surface area (Å²) in [7, 11) is 1.38. The average molecular weight is 482 g/mol. The molecule has 182 valence electrons. The van der Waals surface area contributed by atoms with Gasteiger partial charge in [-0.2, -0.15) is 0 Å². The number of fused-ring (bicyclic) bond motifs is 1. The molecular formula is C29H27N3O4. The van der Waals surface area contributed by atoms with Gasteiger partial charge in [0.2, 0.25) is 0 Å². The molecule has 0 heterocycles. The number of nitrogens with zero attached hydrogens (tertiary/aromatic N) is 2. The summed E-state index contributed by atoms with van der Waals surface area (Å²) in [5.74, 6) is -1.13. The van der Waals surface area contributed by atoms with Gasteiger partial charge in [-0.15, -0.1) is 0 Å². The van der Waals surface area contributed by atoms with E-state index >= 15 is 0 Å². The highest BCUT2D eigenvalue weighted by molar-refractivity contribution is 6.37. The fraction of sp³-hybridized carbons (Fsp3) is 0.172. The second-order valence-electron chi connectivity index (χ2n) is 8.26. The van der Waals surface area contributed by atoms with E-state index in [4.69, 9.17) is 9.73 Å². The van der Waals surface area contributed by atoms with Gasteiger partial charge in [-0.05, 0) is 48.9 Å². The van der Waals surface area contributed by atoms with Crippen molar-refractivity contribution in [3.8, 4) is 0 Å². The lowest BCUT2D eigenvalue weighted by Gasteiger charge is -2.23. The molecule has 0 saturated heterocycles. The number of benzene rings is 3. The molecule has 4 rings (SSSR count). The van der Waals surface area contributed by atoms with Crippen LogP contribution in [0, 0.1) is 0 Å². The zero-order chi connectivity index (χ0) is 25.5. The molecule has 0 fully saturated rings. The Morgan fingerprint density at radius 2 is 1.58 bits per heavy atom. The monoisotopic (exact) mass is 481 g/mol. The SMILES string of the molecule is CCCN(CC(=O)OC)c1ccc(N=C2C=C(C(=O)Nc3ccccc3)C(=O)c3ccccc32)cc1. The Balaban J connectivity index is 1.65. The molecule has 0 spiro atoms. The number of methoxy groups -OCH3 is 1. The van der Waals surface area contributed by atoms with E-state index in [0.29, 0.717) is 34.8 Å². The van der Waals surface area contributed by atoms with Gasteiger partial charge in [0.25, 0.3) is 5.91 Å². The maximum Gasteiger partial charge on any atom is 0.325 e. The van der Waals surface area contributed by atoms with Crippen molar-refractivity contribution in [1.82, 2.24) is 0 Å². The standard InChI is InChI=1S/C29H27N3O4/c1-3-17-32(19-27(33)36-2)22-15-13-21(14-16-22)30-26-18-25(28(34)24-12-8-7-11-23(24)26)29(35)31-20-9-5-4-6-10-20/h4-16,18H,3,17,19H2,1-2H3,(H,31,35). The van der Waals surface area contributed by atoms with Gasteiger partial charge >= 0.3 is 5.97 Å². The molecule has 0 saturated carbocycles. The molecule has 0 aliphatic heterocycles. The Hall–Kier alpha value is -4.52. The summed E-state index contributed by atoms with van der Waals surface area (Å²) in [6.45, 7) is 2.92. The lowest BCUT2D eigenvalue weighted by atomic mass is 9.88. The van der Waals surface area contributed by atoms with Gasteiger partial charge < -0.3 is 15.0 Å². The lowest BCUT2D eigenvalue weighted by Crippen LogP contribution is -2.31. The molecular weight excluding hydrogens is 454 g/mol. The minimum absolute atomic E-state index is 0.0279. The van der Waals surface area contributed by atoms with E-state index in [0.717, 1.165) is 12.1 Å². The van der Waals surface area contributed by atoms with Crippen LogP contribution in [0.1, 0.15) is 29.3 Å². The van der Waals surface area contributed by atoms with E-state index in [1.54, 1.807) is 24.3 Å². The zero-order valence-electron chi connectivity index (χ0n) is 20.2. The minimum atomic E-state index is -0.484. The molecule has 1 aliphatic carbocycles. The van der Waals surface area contributed by atoms with Gasteiger partial charge in [0, 0.05) is 29.0 Å². The Labute approximate surface area is 210 Å². The fourth-order valence-corrected chi connectivity index (χ4v) is 3.98. The summed E-state index contributed by atoms with van der Waals surface area (Å²) in [4.78, 5) is 44.6. The number of rotatable bonds is 8. The van der Waals surface area contributed by atoms with E-state index in [9.17, 15) is 14.4 Å². The molecule has 0 bridgehead atoms. The second-order valence-corrected chi connectivity index (χ2v) is 8.26. The van der Waals surface area contributed by atoms with Crippen molar-refractivity contribution in [2.24, 2.45) is 4.99 Å².